The van der Waals surface area contributed by atoms with Gasteiger partial charge in [0.2, 0.25) is 0 Å². The Morgan fingerprint density at radius 3 is 2.44 bits per heavy atom. The summed E-state index contributed by atoms with van der Waals surface area (Å²) < 4.78 is 68.5. The molecule has 3 aromatic rings. The van der Waals surface area contributed by atoms with Crippen molar-refractivity contribution in [3.8, 4) is 11.4 Å². The first-order valence-corrected chi connectivity index (χ1v) is 12.6. The number of hydrogen-bond donors (Lipinski definition) is 2. The predicted octanol–water partition coefficient (Wildman–Crippen LogP) is 6.37. The van der Waals surface area contributed by atoms with Gasteiger partial charge in [-0.05, 0) is 66.6 Å². The van der Waals surface area contributed by atoms with Crippen molar-refractivity contribution in [2.75, 3.05) is 19.0 Å². The van der Waals surface area contributed by atoms with Crippen LogP contribution in [0.3, 0.4) is 0 Å². The average Bonchev–Trinajstić information content (AvgIpc) is 3.39. The standard InChI is InChI=1S/C27H31F5N6O/c1-18(2)23-6-4-5-7-24(23)33-16-35-37(3)20-10-8-19(9-11-20)25-34-17-38(36-25)21-12-14-22(15-13-21)39-27(31,32)26(28,29)30/h4-8,12-15,17-18,20,33,35H,9-11,16H2,1-3H3. The molecule has 0 fully saturated rings. The van der Waals surface area contributed by atoms with E-state index in [2.05, 4.69) is 62.6 Å². The number of ether oxygens (including phenoxy) is 1. The Bertz CT molecular complexity index is 1270. The van der Waals surface area contributed by atoms with Crippen LogP contribution in [0.1, 0.15) is 50.4 Å². The van der Waals surface area contributed by atoms with Crippen molar-refractivity contribution in [3.05, 3.63) is 72.3 Å². The van der Waals surface area contributed by atoms with Crippen molar-refractivity contribution < 1.29 is 26.7 Å². The van der Waals surface area contributed by atoms with Crippen LogP contribution < -0.4 is 15.5 Å². The number of hydrogen-bond acceptors (Lipinski definition) is 6. The van der Waals surface area contributed by atoms with Gasteiger partial charge in [-0.3, -0.25) is 0 Å². The Morgan fingerprint density at radius 1 is 1.08 bits per heavy atom. The SMILES string of the molecule is CC(C)c1ccccc1NCNN(C)C1CC=C(c2ncn(-c3ccc(OC(F)(F)C(F)(F)F)cc3)n2)CC1. The monoisotopic (exact) mass is 550 g/mol. The summed E-state index contributed by atoms with van der Waals surface area (Å²) >= 11 is 0. The summed E-state index contributed by atoms with van der Waals surface area (Å²) in [5, 5.41) is 10.0. The maximum atomic E-state index is 13.1. The number of nitrogens with one attached hydrogen (secondary N) is 2. The Morgan fingerprint density at radius 2 is 1.79 bits per heavy atom. The number of para-hydroxylation sites is 1. The highest BCUT2D eigenvalue weighted by molar-refractivity contribution is 5.60. The fraction of sp³-hybridized carbons (Fsp3) is 0.407. The molecule has 2 aromatic carbocycles. The van der Waals surface area contributed by atoms with Crippen molar-refractivity contribution in [2.45, 2.75) is 57.4 Å². The van der Waals surface area contributed by atoms with Gasteiger partial charge in [0.15, 0.2) is 5.82 Å². The van der Waals surface area contributed by atoms with Crippen molar-refractivity contribution in [1.82, 2.24) is 25.2 Å². The number of aromatic nitrogens is 3. The normalized spacial score (nSPS) is 16.5. The van der Waals surface area contributed by atoms with Crippen LogP contribution in [0.4, 0.5) is 27.6 Å². The molecule has 1 unspecified atom stereocenters. The molecule has 210 valence electrons. The van der Waals surface area contributed by atoms with E-state index >= 15 is 0 Å². The largest absolute Gasteiger partial charge is 0.499 e. The number of benzene rings is 2. The predicted molar refractivity (Wildman–Crippen MR) is 139 cm³/mol. The van der Waals surface area contributed by atoms with E-state index < -0.39 is 18.0 Å². The van der Waals surface area contributed by atoms with Crippen molar-refractivity contribution in [1.29, 1.82) is 0 Å². The van der Waals surface area contributed by atoms with Gasteiger partial charge in [-0.25, -0.2) is 20.1 Å². The van der Waals surface area contributed by atoms with Crippen LogP contribution in [0.2, 0.25) is 0 Å². The maximum absolute atomic E-state index is 13.1. The molecule has 1 aliphatic rings. The fourth-order valence-corrected chi connectivity index (χ4v) is 4.33. The number of nitrogens with zero attached hydrogens (tertiary/aromatic N) is 4. The van der Waals surface area contributed by atoms with Crippen molar-refractivity contribution in [3.63, 3.8) is 0 Å². The van der Waals surface area contributed by atoms with Crippen LogP contribution >= 0.6 is 0 Å². The molecule has 0 saturated heterocycles. The first kappa shape index (κ1) is 28.5. The Kier molecular flexibility index (Phi) is 8.55. The molecule has 39 heavy (non-hydrogen) atoms. The highest BCUT2D eigenvalue weighted by Crippen LogP contribution is 2.37. The topological polar surface area (TPSA) is 67.2 Å². The summed E-state index contributed by atoms with van der Waals surface area (Å²) in [6.07, 6.45) is -5.05. The van der Waals surface area contributed by atoms with Crippen LogP contribution in [-0.4, -0.2) is 51.8 Å². The summed E-state index contributed by atoms with van der Waals surface area (Å²) in [5.74, 6) is 0.356. The Balaban J connectivity index is 1.30. The fourth-order valence-electron chi connectivity index (χ4n) is 4.33. The third kappa shape index (κ3) is 6.93. The number of alkyl halides is 5. The lowest BCUT2D eigenvalue weighted by atomic mass is 9.94. The molecule has 0 amide bonds. The lowest BCUT2D eigenvalue weighted by Crippen LogP contribution is -2.45. The maximum Gasteiger partial charge on any atom is 0.499 e. The molecule has 0 spiro atoms. The van der Waals surface area contributed by atoms with Gasteiger partial charge in [-0.1, -0.05) is 38.1 Å². The van der Waals surface area contributed by atoms with E-state index in [-0.39, 0.29) is 0 Å². The van der Waals surface area contributed by atoms with Crippen molar-refractivity contribution in [2.24, 2.45) is 0 Å². The van der Waals surface area contributed by atoms with Gasteiger partial charge in [0.1, 0.15) is 12.1 Å². The summed E-state index contributed by atoms with van der Waals surface area (Å²) in [6, 6.07) is 13.3. The van der Waals surface area contributed by atoms with Gasteiger partial charge in [0, 0.05) is 18.8 Å². The molecular formula is C27H31F5N6O. The second kappa shape index (κ2) is 11.7. The molecule has 1 heterocycles. The molecule has 0 saturated carbocycles. The molecule has 12 heteroatoms. The molecular weight excluding hydrogens is 519 g/mol. The smallest absolute Gasteiger partial charge is 0.426 e. The number of hydrazine groups is 1. The molecule has 0 radical (unpaired) electrons. The van der Waals surface area contributed by atoms with Crippen LogP contribution in [0.25, 0.3) is 11.3 Å². The molecule has 0 aliphatic heterocycles. The second-order valence-electron chi connectivity index (χ2n) is 9.65. The van der Waals surface area contributed by atoms with Crippen molar-refractivity contribution >= 4 is 11.3 Å². The Hall–Kier alpha value is -3.51. The molecule has 7 nitrogen and oxygen atoms in total. The zero-order valence-electron chi connectivity index (χ0n) is 21.8. The molecule has 1 aromatic heterocycles. The van der Waals surface area contributed by atoms with E-state index in [1.54, 1.807) is 0 Å². The third-order valence-corrected chi connectivity index (χ3v) is 6.58. The third-order valence-electron chi connectivity index (χ3n) is 6.58. The first-order valence-electron chi connectivity index (χ1n) is 12.6. The van der Waals surface area contributed by atoms with E-state index in [1.165, 1.54) is 28.7 Å². The average molecular weight is 551 g/mol. The quantitative estimate of drug-likeness (QED) is 0.174. The highest BCUT2D eigenvalue weighted by Gasteiger charge is 2.61. The summed E-state index contributed by atoms with van der Waals surface area (Å²) in [7, 11) is 2.02. The van der Waals surface area contributed by atoms with Crippen LogP contribution in [0.5, 0.6) is 5.75 Å². The van der Waals surface area contributed by atoms with Gasteiger partial charge in [0.05, 0.1) is 12.4 Å². The van der Waals surface area contributed by atoms with Gasteiger partial charge < -0.3 is 10.1 Å². The van der Waals surface area contributed by atoms with Crippen LogP contribution in [0, 0.1) is 0 Å². The lowest BCUT2D eigenvalue weighted by molar-refractivity contribution is -0.360. The number of anilines is 1. The first-order chi connectivity index (χ1) is 18.4. The molecule has 0 bridgehead atoms. The zero-order chi connectivity index (χ0) is 28.2. The van der Waals surface area contributed by atoms with Crippen LogP contribution in [0.15, 0.2) is 60.9 Å². The van der Waals surface area contributed by atoms with Gasteiger partial charge in [-0.2, -0.15) is 22.0 Å². The summed E-state index contributed by atoms with van der Waals surface area (Å²) in [4.78, 5) is 4.35. The number of rotatable bonds is 10. The summed E-state index contributed by atoms with van der Waals surface area (Å²) in [5.41, 5.74) is 7.23. The van der Waals surface area contributed by atoms with Gasteiger partial charge in [-0.15, -0.1) is 5.10 Å². The number of allylic oxidation sites excluding steroid dienone is 1. The lowest BCUT2D eigenvalue weighted by Gasteiger charge is -2.31. The zero-order valence-corrected chi connectivity index (χ0v) is 21.8. The van der Waals surface area contributed by atoms with Gasteiger partial charge in [0.25, 0.3) is 0 Å². The van der Waals surface area contributed by atoms with Gasteiger partial charge >= 0.3 is 12.3 Å². The Labute approximate surface area is 223 Å². The minimum atomic E-state index is -5.80. The van der Waals surface area contributed by atoms with E-state index in [1.807, 2.05) is 19.2 Å². The van der Waals surface area contributed by atoms with E-state index in [9.17, 15) is 22.0 Å². The molecule has 1 aliphatic carbocycles. The highest BCUT2D eigenvalue weighted by atomic mass is 19.4. The number of halogens is 5. The molecule has 4 rings (SSSR count). The second-order valence-corrected chi connectivity index (χ2v) is 9.65. The minimum Gasteiger partial charge on any atom is -0.426 e. The van der Waals surface area contributed by atoms with E-state index in [4.69, 9.17) is 0 Å². The summed E-state index contributed by atoms with van der Waals surface area (Å²) in [6.45, 7) is 4.93. The molecule has 1 atom stereocenters. The molecule has 2 N–H and O–H groups in total. The van der Waals surface area contributed by atoms with Crippen LogP contribution in [-0.2, 0) is 0 Å². The van der Waals surface area contributed by atoms with E-state index in [0.29, 0.717) is 30.1 Å². The minimum absolute atomic E-state index is 0.292. The van der Waals surface area contributed by atoms with E-state index in [0.717, 1.165) is 42.7 Å².